The van der Waals surface area contributed by atoms with Crippen LogP contribution in [0.5, 0.6) is 0 Å². The van der Waals surface area contributed by atoms with Crippen molar-refractivity contribution in [1.82, 2.24) is 9.78 Å². The number of hydrogen-bond acceptors (Lipinski definition) is 3. The largest absolute Gasteiger partial charge is 0.378 e. The van der Waals surface area contributed by atoms with Crippen LogP contribution in [0.25, 0.3) is 5.69 Å². The zero-order valence-corrected chi connectivity index (χ0v) is 11.8. The molecule has 4 heteroatoms. The number of nitrogens with two attached hydrogens (primary N) is 1. The first-order valence-corrected chi connectivity index (χ1v) is 7.27. The van der Waals surface area contributed by atoms with Crippen LogP contribution in [-0.2, 0) is 4.74 Å². The lowest BCUT2D eigenvalue weighted by Gasteiger charge is -2.24. The van der Waals surface area contributed by atoms with E-state index in [1.165, 1.54) is 0 Å². The Morgan fingerprint density at radius 3 is 2.90 bits per heavy atom. The van der Waals surface area contributed by atoms with Crippen LogP contribution in [0.1, 0.15) is 31.5 Å². The van der Waals surface area contributed by atoms with Crippen molar-refractivity contribution < 1.29 is 4.74 Å². The first kappa shape index (κ1) is 13.3. The fourth-order valence-electron chi connectivity index (χ4n) is 3.07. The number of nitrogens with zero attached hydrogens (tertiary/aromatic N) is 2. The van der Waals surface area contributed by atoms with E-state index in [0.717, 1.165) is 30.8 Å². The Morgan fingerprint density at radius 1 is 1.35 bits per heavy atom. The molecular weight excluding hydrogens is 250 g/mol. The van der Waals surface area contributed by atoms with Gasteiger partial charge in [-0.25, -0.2) is 4.68 Å². The molecule has 0 aliphatic carbocycles. The molecule has 0 saturated carbocycles. The third-order valence-corrected chi connectivity index (χ3v) is 4.14. The summed E-state index contributed by atoms with van der Waals surface area (Å²) in [7, 11) is 0. The van der Waals surface area contributed by atoms with E-state index in [9.17, 15) is 0 Å². The maximum Gasteiger partial charge on any atom is 0.0649 e. The first-order valence-electron chi connectivity index (χ1n) is 7.27. The maximum absolute atomic E-state index is 6.51. The van der Waals surface area contributed by atoms with Gasteiger partial charge in [-0.3, -0.25) is 0 Å². The van der Waals surface area contributed by atoms with Gasteiger partial charge in [0.05, 0.1) is 23.5 Å². The van der Waals surface area contributed by atoms with E-state index in [2.05, 4.69) is 12.0 Å². The molecule has 2 aromatic rings. The van der Waals surface area contributed by atoms with Crippen LogP contribution in [0.4, 0.5) is 0 Å². The zero-order valence-electron chi connectivity index (χ0n) is 11.8. The Bertz CT molecular complexity index is 552. The lowest BCUT2D eigenvalue weighted by molar-refractivity contribution is 0.0808. The van der Waals surface area contributed by atoms with Crippen LogP contribution in [0.3, 0.4) is 0 Å². The number of benzene rings is 1. The highest BCUT2D eigenvalue weighted by molar-refractivity contribution is 5.33. The Labute approximate surface area is 119 Å². The molecule has 1 saturated heterocycles. The molecule has 0 amide bonds. The second-order valence-corrected chi connectivity index (χ2v) is 5.30. The lowest BCUT2D eigenvalue weighted by atomic mass is 9.90. The molecule has 0 bridgehead atoms. The van der Waals surface area contributed by atoms with Gasteiger partial charge in [0.15, 0.2) is 0 Å². The third-order valence-electron chi connectivity index (χ3n) is 4.14. The summed E-state index contributed by atoms with van der Waals surface area (Å²) >= 11 is 0. The van der Waals surface area contributed by atoms with Gasteiger partial charge < -0.3 is 10.5 Å². The number of rotatable bonds is 4. The lowest BCUT2D eigenvalue weighted by Crippen LogP contribution is -2.29. The van der Waals surface area contributed by atoms with Crippen LogP contribution >= 0.6 is 0 Å². The predicted molar refractivity (Wildman–Crippen MR) is 78.6 cm³/mol. The summed E-state index contributed by atoms with van der Waals surface area (Å²) in [4.78, 5) is 0. The molecule has 4 nitrogen and oxygen atoms in total. The highest BCUT2D eigenvalue weighted by Crippen LogP contribution is 2.33. The molecule has 3 unspecified atom stereocenters. The van der Waals surface area contributed by atoms with E-state index in [0.29, 0.717) is 5.92 Å². The molecule has 1 aliphatic heterocycles. The van der Waals surface area contributed by atoms with E-state index in [1.807, 2.05) is 47.3 Å². The van der Waals surface area contributed by atoms with Crippen molar-refractivity contribution >= 4 is 0 Å². The molecule has 1 aromatic heterocycles. The zero-order chi connectivity index (χ0) is 13.9. The minimum atomic E-state index is -0.0369. The Morgan fingerprint density at radius 2 is 2.15 bits per heavy atom. The standard InChI is InChI=1S/C16H21N3O/c1-2-15-13(9-11-20-15)16(17)14-8-10-18-19(14)12-6-4-3-5-7-12/h3-8,10,13,15-16H,2,9,11,17H2,1H3. The molecule has 2 heterocycles. The van der Waals surface area contributed by atoms with Gasteiger partial charge in [-0.15, -0.1) is 0 Å². The van der Waals surface area contributed by atoms with Crippen LogP contribution < -0.4 is 5.73 Å². The molecule has 3 atom stereocenters. The summed E-state index contributed by atoms with van der Waals surface area (Å²) in [6.45, 7) is 2.97. The van der Waals surface area contributed by atoms with Crippen LogP contribution in [0.2, 0.25) is 0 Å². The Hall–Kier alpha value is -1.65. The predicted octanol–water partition coefficient (Wildman–Crippen LogP) is 2.69. The van der Waals surface area contributed by atoms with Gasteiger partial charge in [0.25, 0.3) is 0 Å². The highest BCUT2D eigenvalue weighted by atomic mass is 16.5. The SMILES string of the molecule is CCC1OCCC1C(N)c1ccnn1-c1ccccc1. The van der Waals surface area contributed by atoms with Gasteiger partial charge in [-0.1, -0.05) is 25.1 Å². The van der Waals surface area contributed by atoms with Gasteiger partial charge in [-0.2, -0.15) is 5.10 Å². The van der Waals surface area contributed by atoms with Gasteiger partial charge in [0, 0.05) is 18.7 Å². The van der Waals surface area contributed by atoms with E-state index < -0.39 is 0 Å². The van der Waals surface area contributed by atoms with E-state index in [4.69, 9.17) is 10.5 Å². The minimum Gasteiger partial charge on any atom is -0.378 e. The summed E-state index contributed by atoms with van der Waals surface area (Å²) in [5.41, 5.74) is 8.62. The van der Waals surface area contributed by atoms with Crippen LogP contribution in [-0.4, -0.2) is 22.5 Å². The topological polar surface area (TPSA) is 53.1 Å². The second kappa shape index (κ2) is 5.77. The first-order chi connectivity index (χ1) is 9.81. The van der Waals surface area contributed by atoms with Gasteiger partial charge in [0.2, 0.25) is 0 Å². The molecule has 0 spiro atoms. The highest BCUT2D eigenvalue weighted by Gasteiger charge is 2.34. The molecule has 1 aliphatic rings. The summed E-state index contributed by atoms with van der Waals surface area (Å²) in [6.07, 6.45) is 4.13. The van der Waals surface area contributed by atoms with Gasteiger partial charge >= 0.3 is 0 Å². The number of aromatic nitrogens is 2. The van der Waals surface area contributed by atoms with E-state index in [-0.39, 0.29) is 12.1 Å². The van der Waals surface area contributed by atoms with Crippen LogP contribution in [0.15, 0.2) is 42.6 Å². The summed E-state index contributed by atoms with van der Waals surface area (Å²) in [6, 6.07) is 12.1. The quantitative estimate of drug-likeness (QED) is 0.930. The molecular formula is C16H21N3O. The van der Waals surface area contributed by atoms with Crippen LogP contribution in [0, 0.1) is 5.92 Å². The van der Waals surface area contributed by atoms with Crippen molar-refractivity contribution in [2.45, 2.75) is 31.9 Å². The van der Waals surface area contributed by atoms with Crippen molar-refractivity contribution in [3.63, 3.8) is 0 Å². The molecule has 106 valence electrons. The number of hydrogen-bond donors (Lipinski definition) is 1. The molecule has 1 fully saturated rings. The summed E-state index contributed by atoms with van der Waals surface area (Å²) in [5, 5.41) is 4.43. The molecule has 2 N–H and O–H groups in total. The smallest absolute Gasteiger partial charge is 0.0649 e. The molecule has 0 radical (unpaired) electrons. The third kappa shape index (κ3) is 2.37. The average Bonchev–Trinajstić information content (AvgIpc) is 3.16. The van der Waals surface area contributed by atoms with Gasteiger partial charge in [-0.05, 0) is 31.0 Å². The Kier molecular flexibility index (Phi) is 3.85. The fraction of sp³-hybridized carbons (Fsp3) is 0.438. The second-order valence-electron chi connectivity index (χ2n) is 5.30. The average molecular weight is 271 g/mol. The van der Waals surface area contributed by atoms with Crippen molar-refractivity contribution in [3.8, 4) is 5.69 Å². The molecule has 20 heavy (non-hydrogen) atoms. The minimum absolute atomic E-state index is 0.0369. The number of ether oxygens (including phenoxy) is 1. The van der Waals surface area contributed by atoms with Crippen molar-refractivity contribution in [3.05, 3.63) is 48.3 Å². The van der Waals surface area contributed by atoms with Crippen molar-refractivity contribution in [1.29, 1.82) is 0 Å². The fourth-order valence-corrected chi connectivity index (χ4v) is 3.07. The normalized spacial score (nSPS) is 23.9. The molecule has 3 rings (SSSR count). The Balaban J connectivity index is 1.90. The van der Waals surface area contributed by atoms with E-state index >= 15 is 0 Å². The molecule has 1 aromatic carbocycles. The van der Waals surface area contributed by atoms with Crippen molar-refractivity contribution in [2.24, 2.45) is 11.7 Å². The van der Waals surface area contributed by atoms with E-state index in [1.54, 1.807) is 0 Å². The monoisotopic (exact) mass is 271 g/mol. The van der Waals surface area contributed by atoms with Gasteiger partial charge in [0.1, 0.15) is 0 Å². The van der Waals surface area contributed by atoms with Crippen molar-refractivity contribution in [2.75, 3.05) is 6.61 Å². The summed E-state index contributed by atoms with van der Waals surface area (Å²) in [5.74, 6) is 0.374. The summed E-state index contributed by atoms with van der Waals surface area (Å²) < 4.78 is 7.71. The number of para-hydroxylation sites is 1. The maximum atomic E-state index is 6.51.